The van der Waals surface area contributed by atoms with Crippen LogP contribution in [0.2, 0.25) is 4.34 Å². The van der Waals surface area contributed by atoms with Crippen molar-refractivity contribution < 1.29 is 14.3 Å². The number of nitrogens with one attached hydrogen (secondary N) is 1. The number of aromatic nitrogens is 1. The van der Waals surface area contributed by atoms with E-state index in [1.807, 2.05) is 0 Å². The second-order valence-electron chi connectivity index (χ2n) is 3.25. The molecule has 5 nitrogen and oxygen atoms in total. The van der Waals surface area contributed by atoms with Gasteiger partial charge in [0.1, 0.15) is 10.0 Å². The van der Waals surface area contributed by atoms with E-state index < -0.39 is 5.97 Å². The molecule has 1 aromatic rings. The number of rotatable bonds is 4. The Bertz CT molecular complexity index is 496. The van der Waals surface area contributed by atoms with E-state index in [1.54, 1.807) is 19.9 Å². The fourth-order valence-corrected chi connectivity index (χ4v) is 2.35. The number of hydrogen-bond donors (Lipinski definition) is 1. The van der Waals surface area contributed by atoms with E-state index in [4.69, 9.17) is 16.3 Å². The monoisotopic (exact) mass is 288 g/mol. The van der Waals surface area contributed by atoms with E-state index in [1.165, 1.54) is 6.92 Å². The molecule has 1 rings (SSSR count). The zero-order valence-electron chi connectivity index (χ0n) is 10.2. The summed E-state index contributed by atoms with van der Waals surface area (Å²) in [6.07, 6.45) is 1.58. The molecule has 7 heteroatoms. The lowest BCUT2D eigenvalue weighted by Crippen LogP contribution is -2.08. The van der Waals surface area contributed by atoms with Crippen LogP contribution in [0.25, 0.3) is 5.57 Å². The summed E-state index contributed by atoms with van der Waals surface area (Å²) < 4.78 is 5.24. The highest BCUT2D eigenvalue weighted by molar-refractivity contribution is 7.19. The molecule has 0 atom stereocenters. The summed E-state index contributed by atoms with van der Waals surface area (Å²) in [5, 5.41) is 2.87. The van der Waals surface area contributed by atoms with Gasteiger partial charge in [0.25, 0.3) is 0 Å². The molecule has 1 N–H and O–H groups in total. The zero-order chi connectivity index (χ0) is 13.7. The maximum atomic E-state index is 11.7. The van der Waals surface area contributed by atoms with Crippen LogP contribution in [0.3, 0.4) is 0 Å². The van der Waals surface area contributed by atoms with Crippen molar-refractivity contribution in [2.75, 3.05) is 11.9 Å². The minimum absolute atomic E-state index is 0.245. The van der Waals surface area contributed by atoms with E-state index >= 15 is 0 Å². The van der Waals surface area contributed by atoms with E-state index in [0.717, 1.165) is 11.3 Å². The first kappa shape index (κ1) is 14.7. The predicted octanol–water partition coefficient (Wildman–Crippen LogP) is 2.72. The van der Waals surface area contributed by atoms with Crippen LogP contribution in [0.15, 0.2) is 6.08 Å². The molecular weight excluding hydrogens is 276 g/mol. The van der Waals surface area contributed by atoms with Crippen LogP contribution in [0.4, 0.5) is 5.13 Å². The molecule has 0 spiro atoms. The van der Waals surface area contributed by atoms with Gasteiger partial charge in [0.05, 0.1) is 12.2 Å². The van der Waals surface area contributed by atoms with E-state index in [0.29, 0.717) is 15.2 Å². The highest BCUT2D eigenvalue weighted by Gasteiger charge is 2.20. The summed E-state index contributed by atoms with van der Waals surface area (Å²) in [6, 6.07) is 0. The molecule has 0 aliphatic carbocycles. The highest BCUT2D eigenvalue weighted by atomic mass is 35.5. The number of amides is 1. The van der Waals surface area contributed by atoms with Crippen molar-refractivity contribution in [2.24, 2.45) is 0 Å². The molecule has 1 amide bonds. The second-order valence-corrected chi connectivity index (χ2v) is 4.85. The predicted molar refractivity (Wildman–Crippen MR) is 71.7 cm³/mol. The topological polar surface area (TPSA) is 68.3 Å². The lowest BCUT2D eigenvalue weighted by atomic mass is 10.2. The number of carbonyl (C=O) groups is 2. The average molecular weight is 289 g/mol. The molecule has 1 heterocycles. The smallest absolute Gasteiger partial charge is 0.340 e. The van der Waals surface area contributed by atoms with Gasteiger partial charge in [-0.15, -0.1) is 0 Å². The first-order chi connectivity index (χ1) is 8.49. The van der Waals surface area contributed by atoms with Crippen LogP contribution in [0, 0.1) is 0 Å². The van der Waals surface area contributed by atoms with Gasteiger partial charge in [0, 0.05) is 6.92 Å². The molecule has 0 bridgehead atoms. The number of nitrogens with zero attached hydrogens (tertiary/aromatic N) is 1. The first-order valence-corrected chi connectivity index (χ1v) is 6.46. The Kier molecular flexibility index (Phi) is 5.30. The van der Waals surface area contributed by atoms with Crippen LogP contribution >= 0.6 is 22.9 Å². The molecule has 1 aromatic heterocycles. The van der Waals surface area contributed by atoms with Crippen molar-refractivity contribution in [3.63, 3.8) is 0 Å². The van der Waals surface area contributed by atoms with Gasteiger partial charge in [0.15, 0.2) is 5.13 Å². The van der Waals surface area contributed by atoms with E-state index in [2.05, 4.69) is 10.3 Å². The number of ether oxygens (including phenoxy) is 1. The van der Waals surface area contributed by atoms with Crippen molar-refractivity contribution in [3.05, 3.63) is 16.1 Å². The average Bonchev–Trinajstić information content (AvgIpc) is 2.60. The summed E-state index contributed by atoms with van der Waals surface area (Å²) in [5.74, 6) is -0.730. The number of anilines is 1. The third-order valence-corrected chi connectivity index (χ3v) is 3.08. The molecule has 0 aromatic carbocycles. The van der Waals surface area contributed by atoms with Crippen molar-refractivity contribution in [1.82, 2.24) is 4.98 Å². The van der Waals surface area contributed by atoms with Crippen LogP contribution in [0.1, 0.15) is 26.5 Å². The number of thiazole rings is 1. The molecule has 98 valence electrons. The summed E-state index contributed by atoms with van der Waals surface area (Å²) in [4.78, 5) is 26.7. The minimum atomic E-state index is -0.485. The second kappa shape index (κ2) is 6.51. The third kappa shape index (κ3) is 3.54. The molecule has 18 heavy (non-hydrogen) atoms. The maximum Gasteiger partial charge on any atom is 0.340 e. The van der Waals surface area contributed by atoms with Crippen molar-refractivity contribution in [3.8, 4) is 0 Å². The maximum absolute atomic E-state index is 11.7. The normalized spacial score (nSPS) is 11.2. The van der Waals surface area contributed by atoms with Crippen LogP contribution in [-0.2, 0) is 14.3 Å². The Morgan fingerprint density at radius 2 is 2.22 bits per heavy atom. The number of hydrogen-bond acceptors (Lipinski definition) is 5. The van der Waals surface area contributed by atoms with Crippen molar-refractivity contribution in [2.45, 2.75) is 20.8 Å². The summed E-state index contributed by atoms with van der Waals surface area (Å²) in [6.45, 7) is 5.06. The molecule has 0 saturated heterocycles. The van der Waals surface area contributed by atoms with Gasteiger partial charge in [-0.25, -0.2) is 9.78 Å². The molecule has 0 radical (unpaired) electrons. The Morgan fingerprint density at radius 3 is 2.72 bits per heavy atom. The number of carbonyl (C=O) groups excluding carboxylic acids is 2. The van der Waals surface area contributed by atoms with Crippen molar-refractivity contribution in [1.29, 1.82) is 0 Å². The summed E-state index contributed by atoms with van der Waals surface area (Å²) in [7, 11) is 0. The van der Waals surface area contributed by atoms with Crippen LogP contribution in [-0.4, -0.2) is 23.5 Å². The van der Waals surface area contributed by atoms with Crippen LogP contribution in [0.5, 0.6) is 0 Å². The minimum Gasteiger partial charge on any atom is -0.462 e. The van der Waals surface area contributed by atoms with Gasteiger partial charge < -0.3 is 10.1 Å². The van der Waals surface area contributed by atoms with Gasteiger partial charge in [-0.1, -0.05) is 29.0 Å². The molecule has 0 saturated carbocycles. The third-order valence-electron chi connectivity index (χ3n) is 1.91. The van der Waals surface area contributed by atoms with Crippen LogP contribution < -0.4 is 5.32 Å². The molecule has 0 aliphatic rings. The number of esters is 1. The Labute approximate surface area is 114 Å². The molecule has 0 unspecified atom stereocenters. The lowest BCUT2D eigenvalue weighted by Gasteiger charge is -2.03. The molecule has 0 fully saturated rings. The molecular formula is C11H13ClN2O3S. The van der Waals surface area contributed by atoms with Gasteiger partial charge in [0.2, 0.25) is 5.91 Å². The fraction of sp³-hybridized carbons (Fsp3) is 0.364. The Morgan fingerprint density at radius 1 is 1.56 bits per heavy atom. The fourth-order valence-electron chi connectivity index (χ4n) is 1.23. The highest BCUT2D eigenvalue weighted by Crippen LogP contribution is 2.33. The first-order valence-electron chi connectivity index (χ1n) is 5.27. The quantitative estimate of drug-likeness (QED) is 0.683. The largest absolute Gasteiger partial charge is 0.462 e. The van der Waals surface area contributed by atoms with E-state index in [-0.39, 0.29) is 18.1 Å². The van der Waals surface area contributed by atoms with Crippen molar-refractivity contribution >= 4 is 45.5 Å². The van der Waals surface area contributed by atoms with Gasteiger partial charge in [-0.3, -0.25) is 4.79 Å². The summed E-state index contributed by atoms with van der Waals surface area (Å²) in [5.41, 5.74) is 0.612. The van der Waals surface area contributed by atoms with E-state index in [9.17, 15) is 9.59 Å². The molecule has 0 aliphatic heterocycles. The van der Waals surface area contributed by atoms with Gasteiger partial charge >= 0.3 is 5.97 Å². The number of halogens is 1. The van der Waals surface area contributed by atoms with Gasteiger partial charge in [-0.2, -0.15) is 0 Å². The SMILES string of the molecule is C/C=C(/C(=O)OCC)c1nc(NC(C)=O)sc1Cl. The standard InChI is InChI=1S/C11H13ClN2O3S/c1-4-7(10(16)17-5-2)8-9(12)18-11(14-8)13-6(3)15/h4H,5H2,1-3H3,(H,13,14,15)/b7-4+. The lowest BCUT2D eigenvalue weighted by molar-refractivity contribution is -0.136. The Hall–Kier alpha value is -1.40. The Balaban J connectivity index is 3.04. The zero-order valence-corrected chi connectivity index (χ0v) is 11.8. The summed E-state index contributed by atoms with van der Waals surface area (Å²) >= 11 is 7.10. The van der Waals surface area contributed by atoms with Gasteiger partial charge in [-0.05, 0) is 13.8 Å². The number of allylic oxidation sites excluding steroid dienone is 1.